The molecule has 0 unspecified atom stereocenters. The maximum Gasteiger partial charge on any atom is 0.292 e. The summed E-state index contributed by atoms with van der Waals surface area (Å²) in [5.41, 5.74) is 4.00. The van der Waals surface area contributed by atoms with Gasteiger partial charge in [-0.3, -0.25) is 9.59 Å². The number of rotatable bonds is 7. The van der Waals surface area contributed by atoms with Gasteiger partial charge in [0.05, 0.1) is 11.1 Å². The smallest absolute Gasteiger partial charge is 0.292 e. The van der Waals surface area contributed by atoms with Crippen molar-refractivity contribution in [3.63, 3.8) is 0 Å². The van der Waals surface area contributed by atoms with E-state index in [1.165, 1.54) is 4.68 Å². The summed E-state index contributed by atoms with van der Waals surface area (Å²) in [6.07, 6.45) is 2.31. The molecule has 0 aliphatic heterocycles. The topological polar surface area (TPSA) is 96.6 Å². The molecule has 3 aromatic rings. The number of hydrazone groups is 1. The number of aryl methyl sites for hydroxylation is 1. The molecule has 2 N–H and O–H groups in total. The van der Waals surface area contributed by atoms with Gasteiger partial charge in [-0.05, 0) is 48.7 Å². The zero-order valence-corrected chi connectivity index (χ0v) is 16.6. The highest BCUT2D eigenvalue weighted by Gasteiger charge is 2.16. The van der Waals surface area contributed by atoms with Gasteiger partial charge in [-0.1, -0.05) is 38.5 Å². The predicted octanol–water partition coefficient (Wildman–Crippen LogP) is 3.45. The minimum Gasteiger partial charge on any atom is -0.508 e. The van der Waals surface area contributed by atoms with Gasteiger partial charge in [0.25, 0.3) is 11.5 Å². The summed E-state index contributed by atoms with van der Waals surface area (Å²) < 4.78 is 1.35. The summed E-state index contributed by atoms with van der Waals surface area (Å²) in [7, 11) is 0. The highest BCUT2D eigenvalue weighted by molar-refractivity contribution is 6.06. The first-order valence-corrected chi connectivity index (χ1v) is 9.71. The standard InChI is InChI=1S/C22H24N4O3/c1-3-5-14-26-22(29)18-9-7-6-8-17(18)20(25-26)21(28)24-23-19(4-2)15-10-12-16(27)13-11-15/h6-13,27H,3-5,14H2,1-2H3,(H,24,28)/b23-19+. The summed E-state index contributed by atoms with van der Waals surface area (Å²) in [6, 6.07) is 13.6. The van der Waals surface area contributed by atoms with Crippen LogP contribution in [0.1, 0.15) is 49.2 Å². The summed E-state index contributed by atoms with van der Waals surface area (Å²) in [5, 5.41) is 19.0. The molecule has 150 valence electrons. The number of fused-ring (bicyclic) bond motifs is 1. The van der Waals surface area contributed by atoms with Crippen LogP contribution < -0.4 is 11.0 Å². The van der Waals surface area contributed by atoms with Crippen LogP contribution in [0, 0.1) is 0 Å². The number of hydrogen-bond donors (Lipinski definition) is 2. The first-order valence-electron chi connectivity index (χ1n) is 9.71. The predicted molar refractivity (Wildman–Crippen MR) is 113 cm³/mol. The number of unbranched alkanes of at least 4 members (excludes halogenated alkanes) is 1. The van der Waals surface area contributed by atoms with E-state index in [9.17, 15) is 14.7 Å². The Labute approximate surface area is 168 Å². The second-order valence-electron chi connectivity index (χ2n) is 6.68. The van der Waals surface area contributed by atoms with Crippen molar-refractivity contribution in [3.8, 4) is 5.75 Å². The second kappa shape index (κ2) is 9.14. The lowest BCUT2D eigenvalue weighted by Gasteiger charge is -2.10. The van der Waals surface area contributed by atoms with Gasteiger partial charge in [-0.2, -0.15) is 10.2 Å². The van der Waals surface area contributed by atoms with Crippen LogP contribution in [-0.4, -0.2) is 26.5 Å². The lowest BCUT2D eigenvalue weighted by Crippen LogP contribution is -2.29. The van der Waals surface area contributed by atoms with Crippen LogP contribution in [0.2, 0.25) is 0 Å². The van der Waals surface area contributed by atoms with Crippen molar-refractivity contribution >= 4 is 22.4 Å². The Hall–Kier alpha value is -3.48. The first kappa shape index (κ1) is 20.3. The Morgan fingerprint density at radius 3 is 2.45 bits per heavy atom. The minimum atomic E-state index is -0.476. The fourth-order valence-electron chi connectivity index (χ4n) is 3.04. The van der Waals surface area contributed by atoms with Gasteiger partial charge >= 0.3 is 0 Å². The Morgan fingerprint density at radius 2 is 1.79 bits per heavy atom. The third-order valence-corrected chi connectivity index (χ3v) is 4.63. The highest BCUT2D eigenvalue weighted by Crippen LogP contribution is 2.14. The molecule has 0 aliphatic carbocycles. The van der Waals surface area contributed by atoms with E-state index in [0.29, 0.717) is 29.4 Å². The zero-order valence-electron chi connectivity index (χ0n) is 16.6. The molecular weight excluding hydrogens is 368 g/mol. The van der Waals surface area contributed by atoms with Crippen molar-refractivity contribution in [2.45, 2.75) is 39.7 Å². The molecule has 3 rings (SSSR count). The average molecular weight is 392 g/mol. The molecule has 0 aliphatic rings. The number of amides is 1. The van der Waals surface area contributed by atoms with Crippen molar-refractivity contribution in [2.24, 2.45) is 5.10 Å². The largest absolute Gasteiger partial charge is 0.508 e. The summed E-state index contributed by atoms with van der Waals surface area (Å²) >= 11 is 0. The van der Waals surface area contributed by atoms with Crippen LogP contribution >= 0.6 is 0 Å². The molecule has 1 amide bonds. The van der Waals surface area contributed by atoms with Crippen molar-refractivity contribution in [1.29, 1.82) is 0 Å². The van der Waals surface area contributed by atoms with E-state index >= 15 is 0 Å². The van der Waals surface area contributed by atoms with Crippen LogP contribution in [0.4, 0.5) is 0 Å². The van der Waals surface area contributed by atoms with Gasteiger partial charge in [0, 0.05) is 11.9 Å². The minimum absolute atomic E-state index is 0.165. The van der Waals surface area contributed by atoms with Crippen LogP contribution in [0.15, 0.2) is 58.4 Å². The van der Waals surface area contributed by atoms with E-state index in [1.54, 1.807) is 48.5 Å². The van der Waals surface area contributed by atoms with E-state index in [-0.39, 0.29) is 17.0 Å². The van der Waals surface area contributed by atoms with Crippen LogP contribution in [-0.2, 0) is 6.54 Å². The van der Waals surface area contributed by atoms with Gasteiger partial charge in [-0.15, -0.1) is 0 Å². The van der Waals surface area contributed by atoms with Crippen molar-refractivity contribution in [2.75, 3.05) is 0 Å². The lowest BCUT2D eigenvalue weighted by molar-refractivity contribution is 0.0949. The Balaban J connectivity index is 1.96. The molecule has 0 bridgehead atoms. The summed E-state index contributed by atoms with van der Waals surface area (Å²) in [5.74, 6) is -0.311. The molecular formula is C22H24N4O3. The average Bonchev–Trinajstić information content (AvgIpc) is 2.75. The van der Waals surface area contributed by atoms with Crippen LogP contribution in [0.25, 0.3) is 10.8 Å². The SMILES string of the molecule is CCCCn1nc(C(=O)N/N=C(\CC)c2ccc(O)cc2)c2ccccc2c1=O. The Kier molecular flexibility index (Phi) is 6.39. The number of aromatic nitrogens is 2. The number of nitrogens with zero attached hydrogens (tertiary/aromatic N) is 3. The van der Waals surface area contributed by atoms with E-state index in [4.69, 9.17) is 0 Å². The molecule has 1 heterocycles. The fourth-order valence-corrected chi connectivity index (χ4v) is 3.04. The maximum absolute atomic E-state index is 12.9. The van der Waals surface area contributed by atoms with Gasteiger partial charge < -0.3 is 5.11 Å². The molecule has 0 radical (unpaired) electrons. The van der Waals surface area contributed by atoms with Gasteiger partial charge in [-0.25, -0.2) is 10.1 Å². The number of nitrogens with one attached hydrogen (secondary N) is 1. The fraction of sp³-hybridized carbons (Fsp3) is 0.273. The second-order valence-corrected chi connectivity index (χ2v) is 6.68. The number of carbonyl (C=O) groups is 1. The van der Waals surface area contributed by atoms with Crippen LogP contribution in [0.3, 0.4) is 0 Å². The molecule has 0 atom stereocenters. The lowest BCUT2D eigenvalue weighted by atomic mass is 10.1. The van der Waals surface area contributed by atoms with Crippen molar-refractivity contribution < 1.29 is 9.90 Å². The summed E-state index contributed by atoms with van der Waals surface area (Å²) in [6.45, 7) is 4.41. The normalized spacial score (nSPS) is 11.6. The molecule has 7 nitrogen and oxygen atoms in total. The zero-order chi connectivity index (χ0) is 20.8. The van der Waals surface area contributed by atoms with Crippen molar-refractivity contribution in [3.05, 3.63) is 70.1 Å². The van der Waals surface area contributed by atoms with E-state index in [1.807, 2.05) is 13.8 Å². The van der Waals surface area contributed by atoms with Crippen molar-refractivity contribution in [1.82, 2.24) is 15.2 Å². The van der Waals surface area contributed by atoms with Crippen LogP contribution in [0.5, 0.6) is 5.75 Å². The Morgan fingerprint density at radius 1 is 1.10 bits per heavy atom. The number of aromatic hydroxyl groups is 1. The number of carbonyl (C=O) groups excluding carboxylic acids is 1. The number of hydrogen-bond acceptors (Lipinski definition) is 5. The molecule has 29 heavy (non-hydrogen) atoms. The first-order chi connectivity index (χ1) is 14.0. The van der Waals surface area contributed by atoms with Gasteiger partial charge in [0.1, 0.15) is 5.75 Å². The molecule has 0 fully saturated rings. The molecule has 7 heteroatoms. The molecule has 0 saturated carbocycles. The molecule has 0 saturated heterocycles. The maximum atomic E-state index is 12.9. The molecule has 0 spiro atoms. The summed E-state index contributed by atoms with van der Waals surface area (Å²) in [4.78, 5) is 25.5. The van der Waals surface area contributed by atoms with E-state index in [2.05, 4.69) is 15.6 Å². The highest BCUT2D eigenvalue weighted by atomic mass is 16.3. The van der Waals surface area contributed by atoms with E-state index in [0.717, 1.165) is 18.4 Å². The molecule has 2 aromatic carbocycles. The van der Waals surface area contributed by atoms with E-state index < -0.39 is 5.91 Å². The number of phenols is 1. The third-order valence-electron chi connectivity index (χ3n) is 4.63. The monoisotopic (exact) mass is 392 g/mol. The van der Waals surface area contributed by atoms with Gasteiger partial charge in [0.15, 0.2) is 5.69 Å². The Bertz CT molecular complexity index is 1100. The van der Waals surface area contributed by atoms with Gasteiger partial charge in [0.2, 0.25) is 0 Å². The number of benzene rings is 2. The number of phenolic OH excluding ortho intramolecular Hbond substituents is 1. The molecule has 1 aromatic heterocycles. The third kappa shape index (κ3) is 4.51. The quantitative estimate of drug-likeness (QED) is 0.475.